The van der Waals surface area contributed by atoms with Crippen molar-refractivity contribution in [3.63, 3.8) is 0 Å². The number of hydrogen-bond donors (Lipinski definition) is 3. The zero-order chi connectivity index (χ0) is 17.6. The Morgan fingerprint density at radius 2 is 2.08 bits per heavy atom. The lowest BCUT2D eigenvalue weighted by Crippen LogP contribution is -2.32. The van der Waals surface area contributed by atoms with E-state index in [0.29, 0.717) is 11.5 Å². The van der Waals surface area contributed by atoms with Gasteiger partial charge in [-0.25, -0.2) is 9.97 Å². The van der Waals surface area contributed by atoms with Crippen molar-refractivity contribution in [2.75, 3.05) is 11.9 Å². The molecule has 2 heterocycles. The van der Waals surface area contributed by atoms with Gasteiger partial charge in [0.2, 0.25) is 0 Å². The number of amides is 1. The summed E-state index contributed by atoms with van der Waals surface area (Å²) in [6.45, 7) is 4.73. The molecule has 1 unspecified atom stereocenters. The molecule has 1 aromatic carbocycles. The van der Waals surface area contributed by atoms with Crippen LogP contribution in [-0.2, 0) is 6.42 Å². The molecule has 0 bridgehead atoms. The number of para-hydroxylation sites is 1. The van der Waals surface area contributed by atoms with Gasteiger partial charge in [-0.05, 0) is 31.4 Å². The minimum Gasteiger partial charge on any atom is -0.368 e. The van der Waals surface area contributed by atoms with Crippen molar-refractivity contribution in [1.29, 1.82) is 0 Å². The highest BCUT2D eigenvalue weighted by Gasteiger charge is 2.10. The van der Waals surface area contributed by atoms with Crippen molar-refractivity contribution in [3.05, 3.63) is 54.1 Å². The van der Waals surface area contributed by atoms with Crippen LogP contribution in [0.15, 0.2) is 42.9 Å². The van der Waals surface area contributed by atoms with Crippen molar-refractivity contribution < 1.29 is 4.79 Å². The van der Waals surface area contributed by atoms with Gasteiger partial charge in [-0.1, -0.05) is 25.1 Å². The zero-order valence-corrected chi connectivity index (χ0v) is 14.5. The van der Waals surface area contributed by atoms with Gasteiger partial charge in [-0.3, -0.25) is 4.79 Å². The smallest absolute Gasteiger partial charge is 0.271 e. The van der Waals surface area contributed by atoms with Gasteiger partial charge in [0, 0.05) is 29.7 Å². The summed E-state index contributed by atoms with van der Waals surface area (Å²) in [4.78, 5) is 23.7. The fraction of sp³-hybridized carbons (Fsp3) is 0.316. The Morgan fingerprint density at radius 3 is 2.84 bits per heavy atom. The molecule has 2 aromatic heterocycles. The minimum atomic E-state index is -0.188. The van der Waals surface area contributed by atoms with Gasteiger partial charge in [-0.2, -0.15) is 0 Å². The molecule has 0 spiro atoms. The van der Waals surface area contributed by atoms with Crippen LogP contribution in [0.3, 0.4) is 0 Å². The first-order chi connectivity index (χ1) is 12.2. The lowest BCUT2D eigenvalue weighted by atomic mass is 10.1. The summed E-state index contributed by atoms with van der Waals surface area (Å²) in [5.74, 6) is 0.479. The van der Waals surface area contributed by atoms with Crippen molar-refractivity contribution in [1.82, 2.24) is 20.3 Å². The van der Waals surface area contributed by atoms with Crippen molar-refractivity contribution in [2.45, 2.75) is 32.7 Å². The molecule has 6 nitrogen and oxygen atoms in total. The largest absolute Gasteiger partial charge is 0.368 e. The molecule has 3 N–H and O–H groups in total. The standard InChI is InChI=1S/C19H23N5O/c1-3-13(2)24-19(25)17-11-23-18(12-22-17)20-9-8-14-10-21-16-7-5-4-6-15(14)16/h4-7,10-13,21H,3,8-9H2,1-2H3,(H,20,23)(H,24,25). The molecule has 1 amide bonds. The monoisotopic (exact) mass is 337 g/mol. The third-order valence-electron chi connectivity index (χ3n) is 4.25. The van der Waals surface area contributed by atoms with E-state index in [4.69, 9.17) is 0 Å². The lowest BCUT2D eigenvalue weighted by molar-refractivity contribution is 0.0934. The summed E-state index contributed by atoms with van der Waals surface area (Å²) in [6.07, 6.45) is 6.90. The number of anilines is 1. The fourth-order valence-corrected chi connectivity index (χ4v) is 2.60. The summed E-state index contributed by atoms with van der Waals surface area (Å²) < 4.78 is 0. The molecule has 0 fully saturated rings. The highest BCUT2D eigenvalue weighted by atomic mass is 16.1. The first-order valence-electron chi connectivity index (χ1n) is 8.59. The Labute approximate surface area is 147 Å². The SMILES string of the molecule is CCC(C)NC(=O)c1cnc(NCCc2c[nH]c3ccccc23)cn1. The van der Waals surface area contributed by atoms with Crippen molar-refractivity contribution in [2.24, 2.45) is 0 Å². The molecule has 0 saturated carbocycles. The predicted octanol–water partition coefficient (Wildman–Crippen LogP) is 3.14. The number of hydrogen-bond acceptors (Lipinski definition) is 4. The Kier molecular flexibility index (Phi) is 5.28. The number of carbonyl (C=O) groups excluding carboxylic acids is 1. The molecule has 0 aliphatic rings. The van der Waals surface area contributed by atoms with Crippen LogP contribution in [-0.4, -0.2) is 33.4 Å². The maximum Gasteiger partial charge on any atom is 0.271 e. The summed E-state index contributed by atoms with van der Waals surface area (Å²) in [5.41, 5.74) is 2.75. The fourth-order valence-electron chi connectivity index (χ4n) is 2.60. The van der Waals surface area contributed by atoms with Crippen LogP contribution in [0.25, 0.3) is 10.9 Å². The highest BCUT2D eigenvalue weighted by molar-refractivity contribution is 5.92. The predicted molar refractivity (Wildman–Crippen MR) is 99.7 cm³/mol. The van der Waals surface area contributed by atoms with Gasteiger partial charge in [0.15, 0.2) is 0 Å². The van der Waals surface area contributed by atoms with E-state index >= 15 is 0 Å². The van der Waals surface area contributed by atoms with Crippen molar-refractivity contribution >= 4 is 22.6 Å². The van der Waals surface area contributed by atoms with Crippen LogP contribution in [0.1, 0.15) is 36.3 Å². The van der Waals surface area contributed by atoms with Crippen molar-refractivity contribution in [3.8, 4) is 0 Å². The van der Waals surface area contributed by atoms with Crippen LogP contribution >= 0.6 is 0 Å². The number of rotatable bonds is 7. The Balaban J connectivity index is 1.54. The Morgan fingerprint density at radius 1 is 1.24 bits per heavy atom. The van der Waals surface area contributed by atoms with E-state index in [1.54, 1.807) is 6.20 Å². The van der Waals surface area contributed by atoms with E-state index in [2.05, 4.69) is 37.7 Å². The molecule has 1 atom stereocenters. The van der Waals surface area contributed by atoms with Gasteiger partial charge < -0.3 is 15.6 Å². The minimum absolute atomic E-state index is 0.128. The second-order valence-electron chi connectivity index (χ2n) is 6.11. The van der Waals surface area contributed by atoms with E-state index in [1.165, 1.54) is 17.1 Å². The molecule has 3 rings (SSSR count). The molecule has 25 heavy (non-hydrogen) atoms. The normalized spacial score (nSPS) is 12.1. The van der Waals surface area contributed by atoms with E-state index in [1.807, 2.05) is 32.2 Å². The van der Waals surface area contributed by atoms with Gasteiger partial charge in [-0.15, -0.1) is 0 Å². The highest BCUT2D eigenvalue weighted by Crippen LogP contribution is 2.18. The third-order valence-corrected chi connectivity index (χ3v) is 4.25. The second-order valence-corrected chi connectivity index (χ2v) is 6.11. The molecule has 3 aromatic rings. The maximum atomic E-state index is 12.0. The molecule has 0 aliphatic heterocycles. The average Bonchev–Trinajstić information content (AvgIpc) is 3.05. The van der Waals surface area contributed by atoms with Crippen LogP contribution in [0, 0.1) is 0 Å². The number of carbonyl (C=O) groups is 1. The molecule has 0 aliphatic carbocycles. The number of H-pyrrole nitrogens is 1. The molecular formula is C19H23N5O. The lowest BCUT2D eigenvalue weighted by Gasteiger charge is -2.11. The molecule has 0 radical (unpaired) electrons. The van der Waals surface area contributed by atoms with Gasteiger partial charge in [0.1, 0.15) is 11.5 Å². The van der Waals surface area contributed by atoms with Crippen LogP contribution < -0.4 is 10.6 Å². The van der Waals surface area contributed by atoms with Crippen LogP contribution in [0.5, 0.6) is 0 Å². The number of fused-ring (bicyclic) bond motifs is 1. The number of benzene rings is 1. The summed E-state index contributed by atoms with van der Waals surface area (Å²) in [5, 5.41) is 7.37. The Bertz CT molecular complexity index is 840. The number of nitrogens with zero attached hydrogens (tertiary/aromatic N) is 2. The molecule has 130 valence electrons. The Hall–Kier alpha value is -2.89. The van der Waals surface area contributed by atoms with Gasteiger partial charge in [0.25, 0.3) is 5.91 Å². The quantitative estimate of drug-likeness (QED) is 0.618. The number of aromatic amines is 1. The van der Waals surface area contributed by atoms with E-state index in [9.17, 15) is 4.79 Å². The molecule has 0 saturated heterocycles. The van der Waals surface area contributed by atoms with Gasteiger partial charge in [0.05, 0.1) is 12.4 Å². The summed E-state index contributed by atoms with van der Waals surface area (Å²) in [7, 11) is 0. The number of nitrogens with one attached hydrogen (secondary N) is 3. The van der Waals surface area contributed by atoms with Crippen LogP contribution in [0.2, 0.25) is 0 Å². The summed E-state index contributed by atoms with van der Waals surface area (Å²) >= 11 is 0. The number of aromatic nitrogens is 3. The molecule has 6 heteroatoms. The maximum absolute atomic E-state index is 12.0. The molecular weight excluding hydrogens is 314 g/mol. The second kappa shape index (κ2) is 7.79. The first kappa shape index (κ1) is 17.0. The third kappa shape index (κ3) is 4.15. The van der Waals surface area contributed by atoms with E-state index < -0.39 is 0 Å². The zero-order valence-electron chi connectivity index (χ0n) is 14.5. The van der Waals surface area contributed by atoms with E-state index in [-0.39, 0.29) is 11.9 Å². The average molecular weight is 337 g/mol. The first-order valence-corrected chi connectivity index (χ1v) is 8.59. The van der Waals surface area contributed by atoms with E-state index in [0.717, 1.165) is 24.9 Å². The van der Waals surface area contributed by atoms with Gasteiger partial charge >= 0.3 is 0 Å². The topological polar surface area (TPSA) is 82.7 Å². The summed E-state index contributed by atoms with van der Waals surface area (Å²) in [6, 6.07) is 8.38. The van der Waals surface area contributed by atoms with Crippen LogP contribution in [0.4, 0.5) is 5.82 Å².